The second-order valence-corrected chi connectivity index (χ2v) is 23.5. The molecular formula is C74H57N3O. The lowest BCUT2D eigenvalue weighted by molar-refractivity contribution is 0.590. The van der Waals surface area contributed by atoms with Crippen LogP contribution in [0.5, 0.6) is 0 Å². The van der Waals surface area contributed by atoms with Crippen molar-refractivity contribution in [2.24, 2.45) is 0 Å². The maximum absolute atomic E-state index is 7.42. The Morgan fingerprint density at radius 3 is 1.38 bits per heavy atom. The average molecular weight is 1000 g/mol. The Balaban J connectivity index is 1.10. The standard InChI is InChI=1S/C74H57N3O/c1-72(2,3)50-31-37-52(38-32-50)76(54-35-29-46-18-7-9-20-48(46)42-54)65-44-63-67(59-25-12-11-24-58(59)65)69-64(74(63)61-27-15-13-22-56(61)57-23-14-16-28-62(57)74)45-66(68-60-26-17-41-75-71(60)78-70(68)69)77(53-39-33-51(34-40-53)73(4,5)6)55-36-30-47-19-8-10-21-49(47)43-55/h7-45H,1-6H3. The summed E-state index contributed by atoms with van der Waals surface area (Å²) >= 11 is 0. The van der Waals surface area contributed by atoms with E-state index < -0.39 is 5.41 Å². The molecule has 2 heterocycles. The number of hydrogen-bond donors (Lipinski definition) is 0. The van der Waals surface area contributed by atoms with Gasteiger partial charge in [0.25, 0.3) is 0 Å². The second-order valence-electron chi connectivity index (χ2n) is 23.5. The molecule has 0 bridgehead atoms. The van der Waals surface area contributed by atoms with Crippen LogP contribution >= 0.6 is 0 Å². The molecule has 0 saturated heterocycles. The molecule has 0 atom stereocenters. The minimum absolute atomic E-state index is 0.00981. The lowest BCUT2D eigenvalue weighted by Gasteiger charge is -2.34. The quantitative estimate of drug-likeness (QED) is 0.166. The van der Waals surface area contributed by atoms with Crippen molar-refractivity contribution in [3.63, 3.8) is 0 Å². The van der Waals surface area contributed by atoms with E-state index in [0.29, 0.717) is 5.71 Å². The molecule has 0 aliphatic heterocycles. The first kappa shape index (κ1) is 46.1. The highest BCUT2D eigenvalue weighted by Crippen LogP contribution is 2.67. The van der Waals surface area contributed by atoms with Crippen LogP contribution in [-0.4, -0.2) is 4.98 Å². The highest BCUT2D eigenvalue weighted by molar-refractivity contribution is 6.23. The van der Waals surface area contributed by atoms with E-state index in [0.717, 1.165) is 66.8 Å². The van der Waals surface area contributed by atoms with E-state index in [-0.39, 0.29) is 10.8 Å². The Hall–Kier alpha value is -9.25. The van der Waals surface area contributed by atoms with Gasteiger partial charge in [-0.05, 0) is 161 Å². The van der Waals surface area contributed by atoms with Crippen molar-refractivity contribution < 1.29 is 4.42 Å². The zero-order valence-corrected chi connectivity index (χ0v) is 44.8. The number of rotatable bonds is 6. The maximum atomic E-state index is 7.42. The van der Waals surface area contributed by atoms with Crippen LogP contribution in [0.4, 0.5) is 34.1 Å². The summed E-state index contributed by atoms with van der Waals surface area (Å²) in [5.41, 5.74) is 19.3. The van der Waals surface area contributed by atoms with Crippen molar-refractivity contribution in [1.82, 2.24) is 4.98 Å². The van der Waals surface area contributed by atoms with Gasteiger partial charge in [-0.3, -0.25) is 0 Å². The zero-order chi connectivity index (χ0) is 52.7. The fourth-order valence-corrected chi connectivity index (χ4v) is 13.3. The largest absolute Gasteiger partial charge is 0.437 e. The van der Waals surface area contributed by atoms with Gasteiger partial charge in [-0.1, -0.05) is 199 Å². The molecule has 15 rings (SSSR count). The highest BCUT2D eigenvalue weighted by Gasteiger charge is 2.54. The molecule has 1 spiro atoms. The van der Waals surface area contributed by atoms with Crippen molar-refractivity contribution in [3.05, 3.63) is 270 Å². The molecule has 78 heavy (non-hydrogen) atoms. The molecule has 4 heteroatoms. The molecule has 4 nitrogen and oxygen atoms in total. The van der Waals surface area contributed by atoms with Crippen molar-refractivity contribution in [1.29, 1.82) is 0 Å². The highest BCUT2D eigenvalue weighted by atomic mass is 16.3. The third kappa shape index (κ3) is 6.75. The first-order valence-electron chi connectivity index (χ1n) is 27.3. The maximum Gasteiger partial charge on any atom is 0.227 e. The molecule has 0 unspecified atom stereocenters. The molecule has 2 aliphatic rings. The van der Waals surface area contributed by atoms with Crippen LogP contribution in [0, 0.1) is 0 Å². The van der Waals surface area contributed by atoms with Gasteiger partial charge in [0, 0.05) is 39.9 Å². The Bertz CT molecular complexity index is 4540. The number of hydrogen-bond acceptors (Lipinski definition) is 4. The lowest BCUT2D eigenvalue weighted by Crippen LogP contribution is -2.26. The van der Waals surface area contributed by atoms with Crippen LogP contribution < -0.4 is 9.80 Å². The normalized spacial score (nSPS) is 13.4. The minimum atomic E-state index is -0.776. The summed E-state index contributed by atoms with van der Waals surface area (Å²) in [4.78, 5) is 9.98. The van der Waals surface area contributed by atoms with Gasteiger partial charge in [0.05, 0.1) is 27.6 Å². The summed E-state index contributed by atoms with van der Waals surface area (Å²) in [6, 6.07) is 86.2. The monoisotopic (exact) mass is 1000 g/mol. The van der Waals surface area contributed by atoms with Gasteiger partial charge in [0.1, 0.15) is 5.58 Å². The summed E-state index contributed by atoms with van der Waals surface area (Å²) in [6.07, 6.45) is 1.85. The summed E-state index contributed by atoms with van der Waals surface area (Å²) in [7, 11) is 0. The molecule has 2 aromatic heterocycles. The number of nitrogens with zero attached hydrogens (tertiary/aromatic N) is 3. The third-order valence-electron chi connectivity index (χ3n) is 17.0. The lowest BCUT2D eigenvalue weighted by atomic mass is 9.70. The number of aromatic nitrogens is 1. The van der Waals surface area contributed by atoms with Crippen LogP contribution in [0.25, 0.3) is 76.6 Å². The van der Waals surface area contributed by atoms with Gasteiger partial charge in [-0.25, -0.2) is 4.98 Å². The Morgan fingerprint density at radius 2 is 0.821 bits per heavy atom. The smallest absolute Gasteiger partial charge is 0.227 e. The summed E-state index contributed by atoms with van der Waals surface area (Å²) in [5.74, 6) is 0. The van der Waals surface area contributed by atoms with Crippen LogP contribution in [0.15, 0.2) is 241 Å². The first-order valence-corrected chi connectivity index (χ1v) is 27.3. The van der Waals surface area contributed by atoms with Gasteiger partial charge in [0.15, 0.2) is 0 Å². The number of anilines is 6. The van der Waals surface area contributed by atoms with E-state index in [1.807, 2.05) is 12.3 Å². The van der Waals surface area contributed by atoms with E-state index in [2.05, 4.69) is 276 Å². The topological polar surface area (TPSA) is 32.5 Å². The Kier molecular flexibility index (Phi) is 9.97. The average Bonchev–Trinajstić information content (AvgIpc) is 3.54. The zero-order valence-electron chi connectivity index (χ0n) is 44.8. The van der Waals surface area contributed by atoms with Gasteiger partial charge in [-0.15, -0.1) is 0 Å². The van der Waals surface area contributed by atoms with E-state index in [4.69, 9.17) is 9.40 Å². The molecule has 0 N–H and O–H groups in total. The fourth-order valence-electron chi connectivity index (χ4n) is 13.3. The summed E-state index contributed by atoms with van der Waals surface area (Å²) in [5, 5.41) is 9.07. The molecular weight excluding hydrogens is 947 g/mol. The second kappa shape index (κ2) is 16.9. The molecule has 2 aliphatic carbocycles. The molecule has 13 aromatic rings. The number of furan rings is 1. The Labute approximate surface area is 455 Å². The predicted molar refractivity (Wildman–Crippen MR) is 327 cm³/mol. The molecule has 11 aromatic carbocycles. The van der Waals surface area contributed by atoms with Crippen LogP contribution in [0.1, 0.15) is 74.9 Å². The SMILES string of the molecule is CC(C)(C)c1ccc(N(c2ccc3ccccc3c2)c2cc3c(c4ccccc24)-c2c(cc(N(c4ccc(C(C)(C)C)cc4)c4ccc5ccccc5c4)c4c2oc2ncccc24)C32c3ccccc3-c3ccccc32)cc1. The van der Waals surface area contributed by atoms with Crippen molar-refractivity contribution >= 4 is 88.5 Å². The van der Waals surface area contributed by atoms with Crippen molar-refractivity contribution in [2.75, 3.05) is 9.80 Å². The molecule has 0 fully saturated rings. The van der Waals surface area contributed by atoms with E-state index in [9.17, 15) is 0 Å². The van der Waals surface area contributed by atoms with E-state index >= 15 is 0 Å². The van der Waals surface area contributed by atoms with Gasteiger partial charge in [-0.2, -0.15) is 0 Å². The van der Waals surface area contributed by atoms with Crippen LogP contribution in [-0.2, 0) is 16.2 Å². The molecule has 0 radical (unpaired) electrons. The van der Waals surface area contributed by atoms with Gasteiger partial charge >= 0.3 is 0 Å². The first-order chi connectivity index (χ1) is 37.9. The van der Waals surface area contributed by atoms with Crippen LogP contribution in [0.2, 0.25) is 0 Å². The Morgan fingerprint density at radius 1 is 0.372 bits per heavy atom. The number of pyridine rings is 1. The molecule has 0 amide bonds. The molecule has 0 saturated carbocycles. The number of fused-ring (bicyclic) bond motifs is 18. The van der Waals surface area contributed by atoms with E-state index in [1.54, 1.807) is 0 Å². The van der Waals surface area contributed by atoms with E-state index in [1.165, 1.54) is 71.6 Å². The summed E-state index contributed by atoms with van der Waals surface area (Å²) < 4.78 is 7.42. The predicted octanol–water partition coefficient (Wildman–Crippen LogP) is 20.3. The number of benzene rings is 11. The van der Waals surface area contributed by atoms with Crippen LogP contribution in [0.3, 0.4) is 0 Å². The third-order valence-corrected chi connectivity index (χ3v) is 17.0. The molecule has 374 valence electrons. The summed E-state index contributed by atoms with van der Waals surface area (Å²) in [6.45, 7) is 13.7. The fraction of sp³-hybridized carbons (Fsp3) is 0.122. The van der Waals surface area contributed by atoms with Crippen molar-refractivity contribution in [3.8, 4) is 22.3 Å². The minimum Gasteiger partial charge on any atom is -0.437 e. The van der Waals surface area contributed by atoms with Gasteiger partial charge in [0.2, 0.25) is 5.71 Å². The van der Waals surface area contributed by atoms with Crippen molar-refractivity contribution in [2.45, 2.75) is 57.8 Å². The van der Waals surface area contributed by atoms with Gasteiger partial charge < -0.3 is 14.2 Å².